The van der Waals surface area contributed by atoms with Crippen molar-refractivity contribution in [2.75, 3.05) is 17.3 Å². The number of sulfone groups is 1. The highest BCUT2D eigenvalue weighted by Crippen LogP contribution is 2.31. The summed E-state index contributed by atoms with van der Waals surface area (Å²) < 4.78 is 59.7. The molecule has 0 N–H and O–H groups in total. The number of nitrogens with zero attached hydrogens (tertiary/aromatic N) is 1. The van der Waals surface area contributed by atoms with Crippen LogP contribution in [0.2, 0.25) is 0 Å². The van der Waals surface area contributed by atoms with Crippen LogP contribution in [0.3, 0.4) is 0 Å². The average molecular weight is 330 g/mol. The molecule has 1 rings (SSSR count). The van der Waals surface area contributed by atoms with Gasteiger partial charge in [0.1, 0.15) is 0 Å². The minimum Gasteiger partial charge on any atom is -0.368 e. The third-order valence-electron chi connectivity index (χ3n) is 2.73. The Kier molecular flexibility index (Phi) is 5.32. The third-order valence-corrected chi connectivity index (χ3v) is 4.40. The maximum atomic E-state index is 12.4. The fraction of sp³-hybridized carbons (Fsp3) is 0.500. The predicted molar refractivity (Wildman–Crippen MR) is 72.9 cm³/mol. The first-order valence-corrected chi connectivity index (χ1v) is 7.87. The highest BCUT2D eigenvalue weighted by Gasteiger charge is 2.46. The summed E-state index contributed by atoms with van der Waals surface area (Å²) in [4.78, 5) is 1.11. The van der Waals surface area contributed by atoms with E-state index in [4.69, 9.17) is 11.6 Å². The molecule has 8 heteroatoms. The van der Waals surface area contributed by atoms with Crippen LogP contribution in [0, 0.1) is 0 Å². The first kappa shape index (κ1) is 17.1. The Hall–Kier alpha value is -0.950. The van der Waals surface area contributed by atoms with Crippen LogP contribution in [-0.4, -0.2) is 32.4 Å². The van der Waals surface area contributed by atoms with Crippen LogP contribution in [0.25, 0.3) is 0 Å². The number of hydrogen-bond acceptors (Lipinski definition) is 3. The van der Waals surface area contributed by atoms with Crippen molar-refractivity contribution in [1.29, 1.82) is 0 Å². The van der Waals surface area contributed by atoms with Gasteiger partial charge < -0.3 is 4.90 Å². The van der Waals surface area contributed by atoms with Gasteiger partial charge in [-0.1, -0.05) is 0 Å². The maximum Gasteiger partial charge on any atom is 0.501 e. The van der Waals surface area contributed by atoms with Gasteiger partial charge in [0, 0.05) is 24.2 Å². The highest BCUT2D eigenvalue weighted by atomic mass is 35.5. The lowest BCUT2D eigenvalue weighted by molar-refractivity contribution is -0.0436. The fourth-order valence-electron chi connectivity index (χ4n) is 1.73. The number of rotatable bonds is 5. The molecule has 0 aromatic heterocycles. The van der Waals surface area contributed by atoms with Gasteiger partial charge in [-0.15, -0.1) is 11.6 Å². The van der Waals surface area contributed by atoms with E-state index in [0.29, 0.717) is 18.1 Å². The van der Waals surface area contributed by atoms with Crippen molar-refractivity contribution in [3.8, 4) is 0 Å². The topological polar surface area (TPSA) is 37.4 Å². The number of benzene rings is 1. The summed E-state index contributed by atoms with van der Waals surface area (Å²) >= 11 is 5.67. The first-order valence-electron chi connectivity index (χ1n) is 5.85. The third kappa shape index (κ3) is 3.58. The largest absolute Gasteiger partial charge is 0.501 e. The van der Waals surface area contributed by atoms with Crippen molar-refractivity contribution < 1.29 is 21.6 Å². The van der Waals surface area contributed by atoms with E-state index < -0.39 is 20.2 Å². The molecule has 0 spiro atoms. The van der Waals surface area contributed by atoms with Gasteiger partial charge in [0.2, 0.25) is 0 Å². The van der Waals surface area contributed by atoms with Crippen LogP contribution in [0.5, 0.6) is 0 Å². The first-order chi connectivity index (χ1) is 9.11. The maximum absolute atomic E-state index is 12.4. The van der Waals surface area contributed by atoms with Crippen molar-refractivity contribution in [3.05, 3.63) is 24.3 Å². The zero-order valence-corrected chi connectivity index (χ0v) is 12.6. The van der Waals surface area contributed by atoms with Crippen LogP contribution >= 0.6 is 11.6 Å². The second-order valence-electron chi connectivity index (χ2n) is 4.42. The van der Waals surface area contributed by atoms with E-state index in [0.717, 1.165) is 12.1 Å². The Balaban J connectivity index is 3.11. The molecule has 1 aromatic rings. The molecule has 0 aliphatic carbocycles. The Morgan fingerprint density at radius 1 is 1.20 bits per heavy atom. The number of halogens is 4. The van der Waals surface area contributed by atoms with Gasteiger partial charge in [-0.25, -0.2) is 8.42 Å². The summed E-state index contributed by atoms with van der Waals surface area (Å²) in [6.07, 6.45) is 0. The average Bonchev–Trinajstić information content (AvgIpc) is 2.34. The molecule has 0 bridgehead atoms. The SMILES string of the molecule is CC(C)N(CCCl)c1ccc(S(=O)(=O)C(F)(F)F)cc1. The zero-order valence-electron chi connectivity index (χ0n) is 11.0. The van der Waals surface area contributed by atoms with E-state index in [9.17, 15) is 21.6 Å². The molecule has 1 aromatic carbocycles. The van der Waals surface area contributed by atoms with Crippen LogP contribution < -0.4 is 4.90 Å². The minimum atomic E-state index is -5.30. The van der Waals surface area contributed by atoms with Gasteiger partial charge in [-0.2, -0.15) is 13.2 Å². The summed E-state index contributed by atoms with van der Waals surface area (Å²) in [5.41, 5.74) is -4.66. The van der Waals surface area contributed by atoms with E-state index in [-0.39, 0.29) is 6.04 Å². The van der Waals surface area contributed by atoms with Gasteiger partial charge in [0.15, 0.2) is 0 Å². The summed E-state index contributed by atoms with van der Waals surface area (Å²) in [6.45, 7) is 4.34. The van der Waals surface area contributed by atoms with Crippen molar-refractivity contribution in [1.82, 2.24) is 0 Å². The molecule has 0 aliphatic heterocycles. The zero-order chi connectivity index (χ0) is 15.6. The quantitative estimate of drug-likeness (QED) is 0.777. The molecule has 3 nitrogen and oxygen atoms in total. The molecule has 0 saturated heterocycles. The molecular weight excluding hydrogens is 315 g/mol. The van der Waals surface area contributed by atoms with E-state index in [1.54, 1.807) is 0 Å². The van der Waals surface area contributed by atoms with E-state index in [2.05, 4.69) is 0 Å². The summed E-state index contributed by atoms with van der Waals surface area (Å²) in [7, 11) is -5.30. The van der Waals surface area contributed by atoms with Gasteiger partial charge in [-0.3, -0.25) is 0 Å². The molecule has 0 atom stereocenters. The number of hydrogen-bond donors (Lipinski definition) is 0. The van der Waals surface area contributed by atoms with Crippen molar-refractivity contribution in [3.63, 3.8) is 0 Å². The van der Waals surface area contributed by atoms with Crippen molar-refractivity contribution >= 4 is 27.1 Å². The fourth-order valence-corrected chi connectivity index (χ4v) is 2.67. The summed E-state index contributed by atoms with van der Waals surface area (Å²) in [6, 6.07) is 4.72. The second kappa shape index (κ2) is 6.22. The van der Waals surface area contributed by atoms with Gasteiger partial charge >= 0.3 is 5.51 Å². The van der Waals surface area contributed by atoms with Crippen molar-refractivity contribution in [2.45, 2.75) is 30.3 Å². The lowest BCUT2D eigenvalue weighted by atomic mass is 10.2. The molecule has 0 fully saturated rings. The Bertz CT molecular complexity index is 541. The summed E-state index contributed by atoms with van der Waals surface area (Å²) in [5, 5.41) is 0. The second-order valence-corrected chi connectivity index (χ2v) is 6.74. The molecule has 114 valence electrons. The number of alkyl halides is 4. The van der Waals surface area contributed by atoms with Gasteiger partial charge in [0.25, 0.3) is 9.84 Å². The van der Waals surface area contributed by atoms with Crippen LogP contribution in [0.15, 0.2) is 29.2 Å². The van der Waals surface area contributed by atoms with Gasteiger partial charge in [0.05, 0.1) is 4.90 Å². The Labute approximate surface area is 121 Å². The predicted octanol–water partition coefficient (Wildman–Crippen LogP) is 3.43. The molecule has 0 unspecified atom stereocenters. The van der Waals surface area contributed by atoms with Crippen LogP contribution in [0.1, 0.15) is 13.8 Å². The Morgan fingerprint density at radius 3 is 2.05 bits per heavy atom. The highest BCUT2D eigenvalue weighted by molar-refractivity contribution is 7.92. The normalized spacial score (nSPS) is 12.8. The molecule has 0 saturated carbocycles. The molecule has 0 aliphatic rings. The van der Waals surface area contributed by atoms with E-state index >= 15 is 0 Å². The van der Waals surface area contributed by atoms with Crippen LogP contribution in [-0.2, 0) is 9.84 Å². The van der Waals surface area contributed by atoms with E-state index in [1.807, 2.05) is 18.7 Å². The van der Waals surface area contributed by atoms with Crippen LogP contribution in [0.4, 0.5) is 18.9 Å². The lowest BCUT2D eigenvalue weighted by Crippen LogP contribution is -2.32. The molecule has 0 amide bonds. The lowest BCUT2D eigenvalue weighted by Gasteiger charge is -2.28. The minimum absolute atomic E-state index is 0.0961. The molecule has 0 radical (unpaired) electrons. The standard InChI is InChI=1S/C12H15ClF3NO2S/c1-9(2)17(8-7-13)10-3-5-11(6-4-10)20(18,19)12(14,15)16/h3-6,9H,7-8H2,1-2H3. The molecular formula is C12H15ClF3NO2S. The summed E-state index contributed by atoms with van der Waals surface area (Å²) in [5.74, 6) is 0.362. The number of anilines is 1. The molecule has 20 heavy (non-hydrogen) atoms. The Morgan fingerprint density at radius 2 is 1.70 bits per heavy atom. The van der Waals surface area contributed by atoms with Crippen molar-refractivity contribution in [2.24, 2.45) is 0 Å². The molecule has 0 heterocycles. The van der Waals surface area contributed by atoms with E-state index in [1.165, 1.54) is 12.1 Å². The monoisotopic (exact) mass is 329 g/mol. The smallest absolute Gasteiger partial charge is 0.368 e. The van der Waals surface area contributed by atoms with Gasteiger partial charge in [-0.05, 0) is 38.1 Å².